The van der Waals surface area contributed by atoms with Gasteiger partial charge in [-0.3, -0.25) is 4.79 Å². The van der Waals surface area contributed by atoms with Crippen molar-refractivity contribution in [3.8, 4) is 11.3 Å². The Morgan fingerprint density at radius 2 is 1.87 bits per heavy atom. The van der Waals surface area contributed by atoms with Crippen molar-refractivity contribution in [2.75, 3.05) is 13.1 Å². The third-order valence-corrected chi connectivity index (χ3v) is 5.91. The van der Waals surface area contributed by atoms with E-state index >= 15 is 0 Å². The van der Waals surface area contributed by atoms with Crippen LogP contribution in [0.25, 0.3) is 22.2 Å². The zero-order valence-corrected chi connectivity index (χ0v) is 19.1. The van der Waals surface area contributed by atoms with Crippen LogP contribution in [0.2, 0.25) is 5.02 Å². The second-order valence-corrected chi connectivity index (χ2v) is 7.97. The average molecular weight is 467 g/mol. The van der Waals surface area contributed by atoms with Crippen LogP contribution in [0.3, 0.4) is 0 Å². The highest BCUT2D eigenvalue weighted by Gasteiger charge is 2.28. The lowest BCUT2D eigenvalue weighted by Crippen LogP contribution is -2.45. The smallest absolute Gasteiger partial charge is 0.254 e. The number of hydrogen-bond acceptors (Lipinski definition) is 3. The molecule has 2 N–H and O–H groups in total. The number of fused-ring (bicyclic) bond motifs is 1. The van der Waals surface area contributed by atoms with E-state index in [9.17, 15) is 4.79 Å². The van der Waals surface area contributed by atoms with Crippen LogP contribution >= 0.6 is 36.4 Å². The van der Waals surface area contributed by atoms with Crippen LogP contribution in [0.4, 0.5) is 0 Å². The number of carbonyl (C=O) groups excluding carboxylic acids is 1. The van der Waals surface area contributed by atoms with Crippen molar-refractivity contribution >= 4 is 53.2 Å². The molecule has 4 rings (SSSR count). The minimum Gasteiger partial charge on any atom is -0.338 e. The SMILES string of the molecule is CC(N)C1CCCN(C(=O)c2cc(-c3ccccc3Cl)nc3ccccc23)C1.Cl.Cl. The lowest BCUT2D eigenvalue weighted by atomic mass is 9.91. The molecule has 0 spiro atoms. The summed E-state index contributed by atoms with van der Waals surface area (Å²) < 4.78 is 0. The van der Waals surface area contributed by atoms with Crippen molar-refractivity contribution < 1.29 is 4.79 Å². The number of carbonyl (C=O) groups is 1. The Labute approximate surface area is 194 Å². The fourth-order valence-electron chi connectivity index (χ4n) is 3.95. The second-order valence-electron chi connectivity index (χ2n) is 7.56. The van der Waals surface area contributed by atoms with E-state index in [0.717, 1.165) is 35.9 Å². The highest BCUT2D eigenvalue weighted by atomic mass is 35.5. The van der Waals surface area contributed by atoms with Gasteiger partial charge in [0.25, 0.3) is 5.91 Å². The Bertz CT molecular complexity index is 1030. The van der Waals surface area contributed by atoms with Gasteiger partial charge >= 0.3 is 0 Å². The molecule has 2 heterocycles. The van der Waals surface area contributed by atoms with Crippen LogP contribution in [0.1, 0.15) is 30.1 Å². The van der Waals surface area contributed by atoms with E-state index in [-0.39, 0.29) is 36.8 Å². The van der Waals surface area contributed by atoms with Gasteiger partial charge in [0, 0.05) is 35.1 Å². The maximum atomic E-state index is 13.5. The molecule has 1 aliphatic heterocycles. The molecule has 2 atom stereocenters. The predicted octanol–water partition coefficient (Wildman–Crippen LogP) is 5.60. The minimum atomic E-state index is 0. The zero-order valence-electron chi connectivity index (χ0n) is 16.8. The van der Waals surface area contributed by atoms with E-state index in [2.05, 4.69) is 0 Å². The first-order valence-electron chi connectivity index (χ1n) is 9.74. The van der Waals surface area contributed by atoms with Gasteiger partial charge in [-0.15, -0.1) is 24.8 Å². The summed E-state index contributed by atoms with van der Waals surface area (Å²) in [5.74, 6) is 0.381. The highest BCUT2D eigenvalue weighted by Crippen LogP contribution is 2.31. The summed E-state index contributed by atoms with van der Waals surface area (Å²) in [7, 11) is 0. The summed E-state index contributed by atoms with van der Waals surface area (Å²) in [6, 6.07) is 17.3. The van der Waals surface area contributed by atoms with Crippen molar-refractivity contribution in [1.82, 2.24) is 9.88 Å². The van der Waals surface area contributed by atoms with Gasteiger partial charge in [-0.05, 0) is 43.9 Å². The Kier molecular flexibility index (Phi) is 8.51. The quantitative estimate of drug-likeness (QED) is 0.546. The molecule has 30 heavy (non-hydrogen) atoms. The van der Waals surface area contributed by atoms with Crippen LogP contribution in [0, 0.1) is 5.92 Å². The molecule has 1 fully saturated rings. The monoisotopic (exact) mass is 465 g/mol. The molecule has 2 aromatic carbocycles. The molecule has 4 nitrogen and oxygen atoms in total. The van der Waals surface area contributed by atoms with Crippen LogP contribution < -0.4 is 5.73 Å². The molecule has 1 amide bonds. The van der Waals surface area contributed by atoms with Gasteiger partial charge < -0.3 is 10.6 Å². The topological polar surface area (TPSA) is 59.2 Å². The molecule has 0 aliphatic carbocycles. The summed E-state index contributed by atoms with van der Waals surface area (Å²) in [5, 5.41) is 1.49. The molecule has 0 saturated carbocycles. The number of para-hydroxylation sites is 1. The van der Waals surface area contributed by atoms with Gasteiger partial charge in [0.2, 0.25) is 0 Å². The van der Waals surface area contributed by atoms with E-state index in [1.807, 2.05) is 66.4 Å². The number of likely N-dealkylation sites (tertiary alicyclic amines) is 1. The molecule has 0 radical (unpaired) electrons. The van der Waals surface area contributed by atoms with Crippen molar-refractivity contribution in [3.05, 3.63) is 65.2 Å². The summed E-state index contributed by atoms with van der Waals surface area (Å²) in [4.78, 5) is 20.2. The third kappa shape index (κ3) is 4.89. The molecular formula is C23H26Cl3N3O. The van der Waals surface area contributed by atoms with Gasteiger partial charge in [0.15, 0.2) is 0 Å². The number of hydrogen-bond donors (Lipinski definition) is 1. The number of halogens is 3. The first kappa shape index (κ1) is 24.4. The molecule has 160 valence electrons. The third-order valence-electron chi connectivity index (χ3n) is 5.59. The van der Waals surface area contributed by atoms with Crippen molar-refractivity contribution in [2.45, 2.75) is 25.8 Å². The molecule has 7 heteroatoms. The van der Waals surface area contributed by atoms with Crippen LogP contribution in [-0.2, 0) is 0 Å². The van der Waals surface area contributed by atoms with Gasteiger partial charge in [-0.25, -0.2) is 4.98 Å². The van der Waals surface area contributed by atoms with Gasteiger partial charge in [0.05, 0.1) is 16.8 Å². The Morgan fingerprint density at radius 1 is 1.17 bits per heavy atom. The summed E-state index contributed by atoms with van der Waals surface area (Å²) in [5.41, 5.74) is 9.13. The number of aromatic nitrogens is 1. The lowest BCUT2D eigenvalue weighted by Gasteiger charge is -2.35. The normalized spacial score (nSPS) is 17.0. The fourth-order valence-corrected chi connectivity index (χ4v) is 4.19. The molecule has 1 aromatic heterocycles. The van der Waals surface area contributed by atoms with E-state index in [1.165, 1.54) is 0 Å². The first-order valence-corrected chi connectivity index (χ1v) is 10.1. The number of amides is 1. The lowest BCUT2D eigenvalue weighted by molar-refractivity contribution is 0.0663. The van der Waals surface area contributed by atoms with Gasteiger partial charge in [0.1, 0.15) is 0 Å². The number of rotatable bonds is 3. The van der Waals surface area contributed by atoms with Crippen molar-refractivity contribution in [2.24, 2.45) is 11.7 Å². The molecule has 0 bridgehead atoms. The summed E-state index contributed by atoms with van der Waals surface area (Å²) in [6.45, 7) is 3.49. The Balaban J connectivity index is 0.00000160. The molecule has 1 saturated heterocycles. The average Bonchev–Trinajstić information content (AvgIpc) is 2.73. The fraction of sp³-hybridized carbons (Fsp3) is 0.304. The van der Waals surface area contributed by atoms with Crippen LogP contribution in [-0.4, -0.2) is 34.9 Å². The van der Waals surface area contributed by atoms with E-state index in [1.54, 1.807) is 0 Å². The van der Waals surface area contributed by atoms with E-state index in [0.29, 0.717) is 28.7 Å². The number of piperidine rings is 1. The number of nitrogens with two attached hydrogens (primary N) is 1. The molecule has 3 aromatic rings. The Morgan fingerprint density at radius 3 is 2.60 bits per heavy atom. The van der Waals surface area contributed by atoms with Gasteiger partial charge in [-0.2, -0.15) is 0 Å². The van der Waals surface area contributed by atoms with Crippen LogP contribution in [0.15, 0.2) is 54.6 Å². The van der Waals surface area contributed by atoms with E-state index < -0.39 is 0 Å². The largest absolute Gasteiger partial charge is 0.338 e. The summed E-state index contributed by atoms with van der Waals surface area (Å²) in [6.07, 6.45) is 2.06. The molecular weight excluding hydrogens is 441 g/mol. The second kappa shape index (κ2) is 10.5. The number of nitrogens with zero attached hydrogens (tertiary/aromatic N) is 2. The van der Waals surface area contributed by atoms with E-state index in [4.69, 9.17) is 22.3 Å². The Hall–Kier alpha value is -1.85. The first-order chi connectivity index (χ1) is 13.5. The number of benzene rings is 2. The standard InChI is InChI=1S/C23H24ClN3O.2ClH/c1-15(25)16-7-6-12-27(14-16)23(28)19-13-22(18-9-2-4-10-20(18)24)26-21-11-5-3-8-17(19)21;;/h2-5,8-11,13,15-16H,6-7,12,14,25H2,1H3;2*1H. The van der Waals surface area contributed by atoms with Crippen LogP contribution in [0.5, 0.6) is 0 Å². The minimum absolute atomic E-state index is 0. The van der Waals surface area contributed by atoms with Crippen molar-refractivity contribution in [3.63, 3.8) is 0 Å². The molecule has 2 unspecified atom stereocenters. The highest BCUT2D eigenvalue weighted by molar-refractivity contribution is 6.33. The summed E-state index contributed by atoms with van der Waals surface area (Å²) >= 11 is 6.40. The molecule has 1 aliphatic rings. The van der Waals surface area contributed by atoms with Crippen molar-refractivity contribution in [1.29, 1.82) is 0 Å². The maximum Gasteiger partial charge on any atom is 0.254 e. The number of pyridine rings is 1. The maximum absolute atomic E-state index is 13.5. The predicted molar refractivity (Wildman–Crippen MR) is 129 cm³/mol. The van der Waals surface area contributed by atoms with Gasteiger partial charge in [-0.1, -0.05) is 48.0 Å². The zero-order chi connectivity index (χ0) is 19.7.